The fraction of sp³-hybridized carbons (Fsp3) is 0.500. The van der Waals surface area contributed by atoms with Crippen molar-refractivity contribution in [1.82, 2.24) is 20.4 Å². The summed E-state index contributed by atoms with van der Waals surface area (Å²) in [4.78, 5) is 18.4. The molecular weight excluding hydrogens is 272 g/mol. The lowest BCUT2D eigenvalue weighted by atomic mass is 10.3. The van der Waals surface area contributed by atoms with Gasteiger partial charge in [-0.1, -0.05) is 5.16 Å². The third-order valence-corrected chi connectivity index (χ3v) is 3.45. The van der Waals surface area contributed by atoms with Gasteiger partial charge in [-0.2, -0.15) is 4.98 Å². The average molecular weight is 290 g/mol. The van der Waals surface area contributed by atoms with E-state index < -0.39 is 0 Å². The molecule has 2 amide bonds. The van der Waals surface area contributed by atoms with Crippen LogP contribution in [0.25, 0.3) is 0 Å². The molecule has 0 saturated heterocycles. The van der Waals surface area contributed by atoms with Gasteiger partial charge in [-0.05, 0) is 25.8 Å². The van der Waals surface area contributed by atoms with Gasteiger partial charge in [-0.25, -0.2) is 4.79 Å². The van der Waals surface area contributed by atoms with Crippen LogP contribution >= 0.6 is 0 Å². The Morgan fingerprint density at radius 3 is 2.95 bits per heavy atom. The summed E-state index contributed by atoms with van der Waals surface area (Å²) < 4.78 is 9.99. The Bertz CT molecular complexity index is 604. The Morgan fingerprint density at radius 2 is 2.38 bits per heavy atom. The molecule has 0 radical (unpaired) electrons. The van der Waals surface area contributed by atoms with Gasteiger partial charge < -0.3 is 19.2 Å². The molecule has 1 saturated carbocycles. The van der Waals surface area contributed by atoms with Crippen LogP contribution < -0.4 is 5.32 Å². The zero-order chi connectivity index (χ0) is 14.8. The number of amides is 2. The quantitative estimate of drug-likeness (QED) is 0.914. The van der Waals surface area contributed by atoms with Crippen LogP contribution in [0.2, 0.25) is 0 Å². The van der Waals surface area contributed by atoms with Crippen molar-refractivity contribution in [3.63, 3.8) is 0 Å². The molecule has 7 heteroatoms. The maximum atomic E-state index is 12.4. The summed E-state index contributed by atoms with van der Waals surface area (Å²) in [6.07, 6.45) is 5.36. The Kier molecular flexibility index (Phi) is 3.64. The first-order chi connectivity index (χ1) is 10.1. The molecule has 0 unspecified atom stereocenters. The summed E-state index contributed by atoms with van der Waals surface area (Å²) in [5.41, 5.74) is 0.986. The van der Waals surface area contributed by atoms with Crippen molar-refractivity contribution in [2.45, 2.75) is 45.3 Å². The number of urea groups is 1. The first-order valence-electron chi connectivity index (χ1n) is 7.02. The van der Waals surface area contributed by atoms with E-state index in [-0.39, 0.29) is 12.1 Å². The first-order valence-corrected chi connectivity index (χ1v) is 7.02. The number of aryl methyl sites for hydroxylation is 1. The summed E-state index contributed by atoms with van der Waals surface area (Å²) in [5.74, 6) is 0.975. The molecule has 0 spiro atoms. The van der Waals surface area contributed by atoms with Crippen LogP contribution in [0.15, 0.2) is 27.5 Å². The molecule has 1 aliphatic rings. The third kappa shape index (κ3) is 3.24. The number of nitrogens with zero attached hydrogens (tertiary/aromatic N) is 3. The lowest BCUT2D eigenvalue weighted by molar-refractivity contribution is 0.188. The van der Waals surface area contributed by atoms with Gasteiger partial charge in [0.15, 0.2) is 5.82 Å². The summed E-state index contributed by atoms with van der Waals surface area (Å²) in [5, 5.41) is 6.74. The first kappa shape index (κ1) is 13.7. The minimum absolute atomic E-state index is 0.117. The highest BCUT2D eigenvalue weighted by atomic mass is 16.5. The van der Waals surface area contributed by atoms with Crippen LogP contribution in [0.4, 0.5) is 4.79 Å². The van der Waals surface area contributed by atoms with Crippen LogP contribution in [0.3, 0.4) is 0 Å². The van der Waals surface area contributed by atoms with E-state index in [9.17, 15) is 4.79 Å². The van der Waals surface area contributed by atoms with Gasteiger partial charge in [0.2, 0.25) is 5.89 Å². The Labute approximate surface area is 122 Å². The number of carbonyl (C=O) groups is 1. The molecule has 1 N–H and O–H groups in total. The van der Waals surface area contributed by atoms with Gasteiger partial charge in [0.1, 0.15) is 0 Å². The van der Waals surface area contributed by atoms with Crippen molar-refractivity contribution in [2.75, 3.05) is 0 Å². The van der Waals surface area contributed by atoms with E-state index in [1.54, 1.807) is 19.5 Å². The SMILES string of the molecule is Cc1nc([C@H](C)NC(=O)N(Cc2ccoc2)C2CC2)no1. The predicted octanol–water partition coefficient (Wildman–Crippen LogP) is 2.41. The summed E-state index contributed by atoms with van der Waals surface area (Å²) in [7, 11) is 0. The second kappa shape index (κ2) is 5.59. The average Bonchev–Trinajstić information content (AvgIpc) is 2.98. The molecule has 1 fully saturated rings. The normalized spacial score (nSPS) is 15.7. The van der Waals surface area contributed by atoms with Crippen molar-refractivity contribution >= 4 is 6.03 Å². The third-order valence-electron chi connectivity index (χ3n) is 3.45. The van der Waals surface area contributed by atoms with E-state index in [1.807, 2.05) is 17.9 Å². The Hall–Kier alpha value is -2.31. The molecule has 2 heterocycles. The number of carbonyl (C=O) groups excluding carboxylic acids is 1. The molecular formula is C14H18N4O3. The highest BCUT2D eigenvalue weighted by molar-refractivity contribution is 5.75. The minimum atomic E-state index is -0.291. The molecule has 3 rings (SSSR count). The highest BCUT2D eigenvalue weighted by Crippen LogP contribution is 2.28. The molecule has 2 aromatic heterocycles. The van der Waals surface area contributed by atoms with Gasteiger partial charge in [0.05, 0.1) is 25.1 Å². The molecule has 2 aromatic rings. The summed E-state index contributed by atoms with van der Waals surface area (Å²) >= 11 is 0. The highest BCUT2D eigenvalue weighted by Gasteiger charge is 2.33. The molecule has 0 aromatic carbocycles. The predicted molar refractivity (Wildman–Crippen MR) is 73.3 cm³/mol. The zero-order valence-corrected chi connectivity index (χ0v) is 12.1. The van der Waals surface area contributed by atoms with Gasteiger partial charge in [0.25, 0.3) is 0 Å². The van der Waals surface area contributed by atoms with E-state index in [1.165, 1.54) is 0 Å². The number of aromatic nitrogens is 2. The van der Waals surface area contributed by atoms with E-state index in [0.717, 1.165) is 18.4 Å². The standard InChI is InChI=1S/C14H18N4O3/c1-9(13-16-10(2)21-17-13)15-14(19)18(12-3-4-12)7-11-5-6-20-8-11/h5-6,8-9,12H,3-4,7H2,1-2H3,(H,15,19)/t9-/m0/s1. The maximum absolute atomic E-state index is 12.4. The lowest BCUT2D eigenvalue weighted by Crippen LogP contribution is -2.42. The van der Waals surface area contributed by atoms with Crippen molar-refractivity contribution < 1.29 is 13.7 Å². The van der Waals surface area contributed by atoms with Crippen LogP contribution in [0.1, 0.15) is 43.1 Å². The van der Waals surface area contributed by atoms with Gasteiger partial charge in [0, 0.05) is 18.5 Å². The Balaban J connectivity index is 1.64. The molecule has 21 heavy (non-hydrogen) atoms. The van der Waals surface area contributed by atoms with Gasteiger partial charge >= 0.3 is 6.03 Å². The number of furan rings is 1. The molecule has 1 atom stereocenters. The number of rotatable bonds is 5. The molecule has 0 aliphatic heterocycles. The molecule has 0 bridgehead atoms. The van der Waals surface area contributed by atoms with E-state index in [2.05, 4.69) is 15.5 Å². The van der Waals surface area contributed by atoms with E-state index in [4.69, 9.17) is 8.94 Å². The largest absolute Gasteiger partial charge is 0.472 e. The number of hydrogen-bond donors (Lipinski definition) is 1. The fourth-order valence-corrected chi connectivity index (χ4v) is 2.16. The smallest absolute Gasteiger partial charge is 0.318 e. The van der Waals surface area contributed by atoms with Gasteiger partial charge in [-0.3, -0.25) is 0 Å². The minimum Gasteiger partial charge on any atom is -0.472 e. The summed E-state index contributed by atoms with van der Waals surface area (Å²) in [6.45, 7) is 4.11. The van der Waals surface area contributed by atoms with Crippen LogP contribution in [0.5, 0.6) is 0 Å². The monoisotopic (exact) mass is 290 g/mol. The zero-order valence-electron chi connectivity index (χ0n) is 12.1. The molecule has 1 aliphatic carbocycles. The maximum Gasteiger partial charge on any atom is 0.318 e. The Morgan fingerprint density at radius 1 is 1.57 bits per heavy atom. The van der Waals surface area contributed by atoms with Gasteiger partial charge in [-0.15, -0.1) is 0 Å². The van der Waals surface area contributed by atoms with E-state index in [0.29, 0.717) is 24.3 Å². The lowest BCUT2D eigenvalue weighted by Gasteiger charge is -2.23. The van der Waals surface area contributed by atoms with Crippen molar-refractivity contribution in [3.05, 3.63) is 35.9 Å². The van der Waals surface area contributed by atoms with E-state index >= 15 is 0 Å². The molecule has 7 nitrogen and oxygen atoms in total. The van der Waals surface area contributed by atoms with Crippen LogP contribution in [-0.4, -0.2) is 27.1 Å². The van der Waals surface area contributed by atoms with Crippen molar-refractivity contribution in [1.29, 1.82) is 0 Å². The molecule has 112 valence electrons. The van der Waals surface area contributed by atoms with Crippen LogP contribution in [-0.2, 0) is 6.54 Å². The van der Waals surface area contributed by atoms with Crippen molar-refractivity contribution in [3.8, 4) is 0 Å². The van der Waals surface area contributed by atoms with Crippen LogP contribution in [0, 0.1) is 6.92 Å². The number of hydrogen-bond acceptors (Lipinski definition) is 5. The van der Waals surface area contributed by atoms with Crippen molar-refractivity contribution in [2.24, 2.45) is 0 Å². The second-order valence-corrected chi connectivity index (χ2v) is 5.33. The fourth-order valence-electron chi connectivity index (χ4n) is 2.16. The second-order valence-electron chi connectivity index (χ2n) is 5.33. The topological polar surface area (TPSA) is 84.4 Å². The number of nitrogens with one attached hydrogen (secondary N) is 1. The summed E-state index contributed by atoms with van der Waals surface area (Å²) in [6, 6.07) is 1.77.